The minimum Gasteiger partial charge on any atom is -0.258 e. The molecule has 0 aliphatic heterocycles. The number of nitriles is 1. The molecule has 0 radical (unpaired) electrons. The molecule has 114 valence electrons. The van der Waals surface area contributed by atoms with E-state index >= 15 is 0 Å². The van der Waals surface area contributed by atoms with Crippen LogP contribution in [0.5, 0.6) is 0 Å². The van der Waals surface area contributed by atoms with Crippen molar-refractivity contribution in [1.29, 1.82) is 5.26 Å². The smallest absolute Gasteiger partial charge is 0.258 e. The number of nitro benzene ring substituents is 1. The van der Waals surface area contributed by atoms with Crippen LogP contribution in [-0.2, 0) is 10.0 Å². The highest BCUT2D eigenvalue weighted by Gasteiger charge is 2.23. The van der Waals surface area contributed by atoms with E-state index in [1.165, 1.54) is 6.92 Å². The van der Waals surface area contributed by atoms with Gasteiger partial charge in [0.2, 0.25) is 15.8 Å². The van der Waals surface area contributed by atoms with Crippen molar-refractivity contribution >= 4 is 15.7 Å². The molecule has 0 aromatic heterocycles. The van der Waals surface area contributed by atoms with E-state index < -0.39 is 26.5 Å². The lowest BCUT2D eigenvalue weighted by atomic mass is 10.2. The van der Waals surface area contributed by atoms with Crippen molar-refractivity contribution in [2.45, 2.75) is 31.1 Å². The first-order chi connectivity index (χ1) is 9.79. The number of rotatable bonds is 7. The van der Waals surface area contributed by atoms with E-state index in [1.54, 1.807) is 0 Å². The van der Waals surface area contributed by atoms with Gasteiger partial charge >= 0.3 is 5.69 Å². The average molecular weight is 315 g/mol. The number of benzene rings is 1. The Kier molecular flexibility index (Phi) is 5.75. The largest absolute Gasteiger partial charge is 0.306 e. The molecule has 21 heavy (non-hydrogen) atoms. The van der Waals surface area contributed by atoms with Crippen molar-refractivity contribution in [3.8, 4) is 6.07 Å². The summed E-state index contributed by atoms with van der Waals surface area (Å²) >= 11 is 0. The molecule has 0 bridgehead atoms. The van der Waals surface area contributed by atoms with Gasteiger partial charge in [-0.1, -0.05) is 0 Å². The lowest BCUT2D eigenvalue weighted by Crippen LogP contribution is -2.25. The number of hydrogen-bond acceptors (Lipinski definition) is 5. The van der Waals surface area contributed by atoms with E-state index in [9.17, 15) is 22.9 Å². The van der Waals surface area contributed by atoms with Gasteiger partial charge in [-0.25, -0.2) is 13.1 Å². The summed E-state index contributed by atoms with van der Waals surface area (Å²) in [7, 11) is -3.95. The molecule has 9 heteroatoms. The first kappa shape index (κ1) is 17.0. The van der Waals surface area contributed by atoms with Crippen molar-refractivity contribution in [2.24, 2.45) is 0 Å². The summed E-state index contributed by atoms with van der Waals surface area (Å²) in [6.45, 7) is 1.46. The molecule has 0 unspecified atom stereocenters. The van der Waals surface area contributed by atoms with E-state index in [-0.39, 0.29) is 17.0 Å². The molecule has 0 heterocycles. The highest BCUT2D eigenvalue weighted by atomic mass is 32.2. The zero-order chi connectivity index (χ0) is 16.0. The Morgan fingerprint density at radius 2 is 2.10 bits per heavy atom. The second-order valence-electron chi connectivity index (χ2n) is 4.34. The predicted molar refractivity (Wildman–Crippen MR) is 72.4 cm³/mol. The van der Waals surface area contributed by atoms with Crippen LogP contribution in [-0.4, -0.2) is 19.9 Å². The predicted octanol–water partition coefficient (Wildman–Crippen LogP) is 2.01. The number of halogens is 1. The van der Waals surface area contributed by atoms with Gasteiger partial charge in [-0.2, -0.15) is 9.65 Å². The van der Waals surface area contributed by atoms with Crippen LogP contribution in [0.15, 0.2) is 17.0 Å². The fourth-order valence-corrected chi connectivity index (χ4v) is 3.00. The lowest BCUT2D eigenvalue weighted by molar-refractivity contribution is -0.387. The Morgan fingerprint density at radius 3 is 2.67 bits per heavy atom. The normalized spacial score (nSPS) is 11.1. The van der Waals surface area contributed by atoms with Crippen molar-refractivity contribution < 1.29 is 17.7 Å². The summed E-state index contributed by atoms with van der Waals surface area (Å²) < 4.78 is 39.8. The zero-order valence-corrected chi connectivity index (χ0v) is 12.1. The van der Waals surface area contributed by atoms with Crippen LogP contribution in [0, 0.1) is 34.2 Å². The second kappa shape index (κ2) is 7.10. The Hall–Kier alpha value is -2.05. The fraction of sp³-hybridized carbons (Fsp3) is 0.417. The molecule has 7 nitrogen and oxygen atoms in total. The second-order valence-corrected chi connectivity index (χ2v) is 6.07. The number of sulfonamides is 1. The Morgan fingerprint density at radius 1 is 1.43 bits per heavy atom. The minimum absolute atomic E-state index is 0.0858. The van der Waals surface area contributed by atoms with Crippen molar-refractivity contribution in [3.63, 3.8) is 0 Å². The summed E-state index contributed by atoms with van der Waals surface area (Å²) in [6.07, 6.45) is 1.33. The minimum atomic E-state index is -3.95. The van der Waals surface area contributed by atoms with Gasteiger partial charge in [-0.05, 0) is 31.4 Å². The Labute approximate surface area is 121 Å². The van der Waals surface area contributed by atoms with Crippen LogP contribution in [0.25, 0.3) is 0 Å². The van der Waals surface area contributed by atoms with Gasteiger partial charge in [0.25, 0.3) is 0 Å². The lowest BCUT2D eigenvalue weighted by Gasteiger charge is -2.09. The molecule has 1 rings (SSSR count). The van der Waals surface area contributed by atoms with Crippen molar-refractivity contribution in [2.75, 3.05) is 6.54 Å². The molecule has 1 N–H and O–H groups in total. The van der Waals surface area contributed by atoms with E-state index in [0.717, 1.165) is 6.07 Å². The van der Waals surface area contributed by atoms with Crippen molar-refractivity contribution in [3.05, 3.63) is 33.6 Å². The molecule has 0 atom stereocenters. The number of nitrogens with one attached hydrogen (secondary N) is 1. The molecule has 0 aliphatic rings. The van der Waals surface area contributed by atoms with Gasteiger partial charge in [-0.15, -0.1) is 0 Å². The Bertz CT molecular complexity index is 682. The number of nitrogens with zero attached hydrogens (tertiary/aromatic N) is 2. The van der Waals surface area contributed by atoms with Crippen LogP contribution >= 0.6 is 0 Å². The van der Waals surface area contributed by atoms with Gasteiger partial charge < -0.3 is 0 Å². The first-order valence-corrected chi connectivity index (χ1v) is 7.59. The Balaban J connectivity index is 2.95. The van der Waals surface area contributed by atoms with Gasteiger partial charge in [0.1, 0.15) is 0 Å². The topological polar surface area (TPSA) is 113 Å². The molecule has 0 fully saturated rings. The van der Waals surface area contributed by atoms with Crippen LogP contribution in [0.4, 0.5) is 10.1 Å². The average Bonchev–Trinajstić information content (AvgIpc) is 2.37. The maximum absolute atomic E-state index is 13.4. The van der Waals surface area contributed by atoms with E-state index in [1.807, 2.05) is 6.07 Å². The van der Waals surface area contributed by atoms with Gasteiger partial charge in [0.05, 0.1) is 15.9 Å². The third-order valence-electron chi connectivity index (χ3n) is 2.74. The molecular weight excluding hydrogens is 301 g/mol. The summed E-state index contributed by atoms with van der Waals surface area (Å²) in [5, 5.41) is 19.0. The third-order valence-corrected chi connectivity index (χ3v) is 4.34. The molecule has 0 saturated heterocycles. The van der Waals surface area contributed by atoms with Gasteiger partial charge in [-0.3, -0.25) is 10.1 Å². The SMILES string of the molecule is Cc1cc(F)c([N+](=O)[O-])cc1S(=O)(=O)NCCCCC#N. The molecule has 0 aliphatic carbocycles. The van der Waals surface area contributed by atoms with Gasteiger partial charge in [0.15, 0.2) is 0 Å². The fourth-order valence-electron chi connectivity index (χ4n) is 1.68. The molecular formula is C12H14FN3O4S. The summed E-state index contributed by atoms with van der Waals surface area (Å²) in [4.78, 5) is 9.37. The molecule has 1 aromatic rings. The maximum atomic E-state index is 13.4. The number of nitro groups is 1. The summed E-state index contributed by atoms with van der Waals surface area (Å²) in [5.74, 6) is -1.08. The highest BCUT2D eigenvalue weighted by molar-refractivity contribution is 7.89. The number of hydrogen-bond donors (Lipinski definition) is 1. The molecule has 0 amide bonds. The van der Waals surface area contributed by atoms with Crippen LogP contribution < -0.4 is 4.72 Å². The number of unbranched alkanes of at least 4 members (excludes halogenated alkanes) is 2. The molecule has 1 aromatic carbocycles. The van der Waals surface area contributed by atoms with Crippen molar-refractivity contribution in [1.82, 2.24) is 4.72 Å². The van der Waals surface area contributed by atoms with E-state index in [4.69, 9.17) is 5.26 Å². The van der Waals surface area contributed by atoms with Crippen LogP contribution in [0.1, 0.15) is 24.8 Å². The van der Waals surface area contributed by atoms with Crippen LogP contribution in [0.2, 0.25) is 0 Å². The summed E-state index contributed by atoms with van der Waals surface area (Å²) in [5.41, 5.74) is -0.798. The first-order valence-electron chi connectivity index (χ1n) is 6.10. The van der Waals surface area contributed by atoms with Crippen LogP contribution in [0.3, 0.4) is 0 Å². The maximum Gasteiger partial charge on any atom is 0.306 e. The van der Waals surface area contributed by atoms with Gasteiger partial charge in [0, 0.05) is 19.0 Å². The standard InChI is InChI=1S/C12H14FN3O4S/c1-9-7-10(13)11(16(17)18)8-12(9)21(19,20)15-6-4-2-3-5-14/h7-8,15H,2-4,6H2,1H3. The van der Waals surface area contributed by atoms with E-state index in [2.05, 4.69) is 4.72 Å². The zero-order valence-electron chi connectivity index (χ0n) is 11.3. The third kappa shape index (κ3) is 4.47. The van der Waals surface area contributed by atoms with E-state index in [0.29, 0.717) is 25.3 Å². The molecule has 0 saturated carbocycles. The highest BCUT2D eigenvalue weighted by Crippen LogP contribution is 2.25. The molecule has 0 spiro atoms. The summed E-state index contributed by atoms with van der Waals surface area (Å²) in [6, 6.07) is 3.47. The quantitative estimate of drug-likeness (QED) is 0.470. The monoisotopic (exact) mass is 315 g/mol. The number of aryl methyl sites for hydroxylation is 1.